The van der Waals surface area contributed by atoms with E-state index in [1.165, 1.54) is 71.6 Å². The van der Waals surface area contributed by atoms with Crippen molar-refractivity contribution in [3.05, 3.63) is 157 Å². The fourth-order valence-electron chi connectivity index (χ4n) is 6.70. The molecular weight excluding hydrogens is 541 g/mol. The summed E-state index contributed by atoms with van der Waals surface area (Å²) in [5, 5.41) is 4.81. The molecular formula is C40H26N2S. The number of thiophene rings is 1. The Morgan fingerprint density at radius 2 is 0.907 bits per heavy atom. The highest BCUT2D eigenvalue weighted by atomic mass is 32.1. The van der Waals surface area contributed by atoms with E-state index in [1.54, 1.807) is 11.3 Å². The van der Waals surface area contributed by atoms with Gasteiger partial charge in [-0.15, -0.1) is 11.3 Å². The fourth-order valence-corrected chi connectivity index (χ4v) is 7.65. The van der Waals surface area contributed by atoms with Gasteiger partial charge in [0.05, 0.1) is 16.9 Å². The summed E-state index contributed by atoms with van der Waals surface area (Å²) in [4.78, 5) is 3.69. The molecule has 0 radical (unpaired) electrons. The van der Waals surface area contributed by atoms with Crippen LogP contribution in [0.15, 0.2) is 157 Å². The van der Waals surface area contributed by atoms with Crippen molar-refractivity contribution in [3.8, 4) is 39.1 Å². The van der Waals surface area contributed by atoms with Crippen LogP contribution in [0.5, 0.6) is 0 Å². The monoisotopic (exact) mass is 566 g/mol. The largest absolute Gasteiger partial charge is 0.309 e. The second-order valence-electron chi connectivity index (χ2n) is 11.0. The van der Waals surface area contributed by atoms with Crippen LogP contribution in [-0.2, 0) is 0 Å². The number of fused-ring (bicyclic) bond motifs is 8. The molecule has 202 valence electrons. The molecule has 0 fully saturated rings. The minimum absolute atomic E-state index is 1.15. The van der Waals surface area contributed by atoms with E-state index in [1.807, 2.05) is 0 Å². The zero-order valence-electron chi connectivity index (χ0n) is 23.3. The lowest BCUT2D eigenvalue weighted by atomic mass is 9.95. The Bertz CT molecular complexity index is 2220. The van der Waals surface area contributed by atoms with Crippen LogP contribution < -0.4 is 4.90 Å². The highest BCUT2D eigenvalue weighted by Gasteiger charge is 2.25. The van der Waals surface area contributed by atoms with Crippen molar-refractivity contribution in [3.63, 3.8) is 0 Å². The summed E-state index contributed by atoms with van der Waals surface area (Å²) in [5.74, 6) is 0. The smallest absolute Gasteiger partial charge is 0.108 e. The number of hydrogen-bond acceptors (Lipinski definition) is 2. The lowest BCUT2D eigenvalue weighted by Crippen LogP contribution is -2.10. The maximum atomic E-state index is 2.40. The molecule has 0 atom stereocenters. The molecule has 2 nitrogen and oxygen atoms in total. The molecule has 0 saturated carbocycles. The van der Waals surface area contributed by atoms with Gasteiger partial charge in [-0.2, -0.15) is 0 Å². The summed E-state index contributed by atoms with van der Waals surface area (Å²) >= 11 is 1.80. The minimum atomic E-state index is 1.15. The summed E-state index contributed by atoms with van der Waals surface area (Å²) in [6, 6.07) is 55.1. The van der Waals surface area contributed by atoms with Crippen molar-refractivity contribution < 1.29 is 0 Å². The van der Waals surface area contributed by atoms with Crippen molar-refractivity contribution >= 4 is 49.5 Å². The van der Waals surface area contributed by atoms with Gasteiger partial charge in [0.2, 0.25) is 0 Å². The standard InChI is InChI=1S/C40H26N2S/c1-2-10-32-31(9-1)33-11-3-6-14-37(33)41(38-15-7-4-12-34(32)38)29-21-17-27(18-22-29)28-19-23-30(24-20-28)42-39-16-8-5-13-35(39)36-25-26-43-40(36)42/h1-26H. The zero-order chi connectivity index (χ0) is 28.3. The van der Waals surface area contributed by atoms with Crippen LogP contribution in [0.2, 0.25) is 0 Å². The number of benzene rings is 6. The lowest BCUT2D eigenvalue weighted by molar-refractivity contribution is 1.19. The van der Waals surface area contributed by atoms with E-state index in [-0.39, 0.29) is 0 Å². The summed E-state index contributed by atoms with van der Waals surface area (Å²) in [5.41, 5.74) is 13.4. The Morgan fingerprint density at radius 3 is 1.53 bits per heavy atom. The molecule has 0 amide bonds. The first-order valence-corrected chi connectivity index (χ1v) is 15.5. The van der Waals surface area contributed by atoms with Crippen molar-refractivity contribution in [2.75, 3.05) is 4.90 Å². The normalized spacial score (nSPS) is 12.1. The Hall–Kier alpha value is -5.38. The van der Waals surface area contributed by atoms with E-state index in [4.69, 9.17) is 0 Å². The molecule has 0 aliphatic carbocycles. The number of para-hydroxylation sites is 3. The molecule has 0 saturated heterocycles. The molecule has 0 N–H and O–H groups in total. The Balaban J connectivity index is 1.12. The van der Waals surface area contributed by atoms with E-state index in [2.05, 4.69) is 167 Å². The van der Waals surface area contributed by atoms with Crippen molar-refractivity contribution in [1.29, 1.82) is 0 Å². The van der Waals surface area contributed by atoms with Gasteiger partial charge in [0.1, 0.15) is 4.83 Å². The predicted octanol–water partition coefficient (Wildman–Crippen LogP) is 11.6. The molecule has 3 heteroatoms. The third-order valence-corrected chi connectivity index (χ3v) is 9.56. The molecule has 0 bridgehead atoms. The highest BCUT2D eigenvalue weighted by Crippen LogP contribution is 2.50. The zero-order valence-corrected chi connectivity index (χ0v) is 24.1. The van der Waals surface area contributed by atoms with Gasteiger partial charge in [0.25, 0.3) is 0 Å². The molecule has 2 aromatic heterocycles. The first-order valence-electron chi connectivity index (χ1n) is 14.6. The van der Waals surface area contributed by atoms with Gasteiger partial charge in [-0.3, -0.25) is 0 Å². The van der Waals surface area contributed by atoms with Crippen LogP contribution in [0.3, 0.4) is 0 Å². The highest BCUT2D eigenvalue weighted by molar-refractivity contribution is 7.17. The third kappa shape index (κ3) is 3.72. The van der Waals surface area contributed by atoms with Crippen LogP contribution in [0.25, 0.3) is 60.2 Å². The average molecular weight is 567 g/mol. The van der Waals surface area contributed by atoms with Crippen molar-refractivity contribution in [2.24, 2.45) is 0 Å². The van der Waals surface area contributed by atoms with Gasteiger partial charge in [-0.1, -0.05) is 103 Å². The van der Waals surface area contributed by atoms with Crippen LogP contribution in [-0.4, -0.2) is 4.57 Å². The summed E-state index contributed by atoms with van der Waals surface area (Å²) in [6.45, 7) is 0. The molecule has 8 aromatic rings. The average Bonchev–Trinajstić information content (AvgIpc) is 3.64. The molecule has 43 heavy (non-hydrogen) atoms. The second-order valence-corrected chi connectivity index (χ2v) is 11.9. The quantitative estimate of drug-likeness (QED) is 0.206. The van der Waals surface area contributed by atoms with E-state index in [0.717, 1.165) is 5.69 Å². The topological polar surface area (TPSA) is 8.17 Å². The Labute approximate surface area is 254 Å². The molecule has 1 aliphatic rings. The number of nitrogens with zero attached hydrogens (tertiary/aromatic N) is 2. The van der Waals surface area contributed by atoms with Crippen LogP contribution in [0.4, 0.5) is 17.1 Å². The number of hydrogen-bond donors (Lipinski definition) is 0. The Kier molecular flexibility index (Phi) is 5.40. The van der Waals surface area contributed by atoms with Gasteiger partial charge in [-0.05, 0) is 76.2 Å². The van der Waals surface area contributed by atoms with E-state index in [0.29, 0.717) is 0 Å². The molecule has 3 heterocycles. The van der Waals surface area contributed by atoms with Crippen LogP contribution >= 0.6 is 11.3 Å². The second kappa shape index (κ2) is 9.59. The van der Waals surface area contributed by atoms with E-state index in [9.17, 15) is 0 Å². The summed E-state index contributed by atoms with van der Waals surface area (Å²) in [6.07, 6.45) is 0. The van der Waals surface area contributed by atoms with Crippen LogP contribution in [0.1, 0.15) is 0 Å². The number of anilines is 3. The van der Waals surface area contributed by atoms with E-state index >= 15 is 0 Å². The minimum Gasteiger partial charge on any atom is -0.309 e. The van der Waals surface area contributed by atoms with Gasteiger partial charge in [0, 0.05) is 33.3 Å². The van der Waals surface area contributed by atoms with Gasteiger partial charge >= 0.3 is 0 Å². The predicted molar refractivity (Wildman–Crippen MR) is 183 cm³/mol. The van der Waals surface area contributed by atoms with E-state index < -0.39 is 0 Å². The van der Waals surface area contributed by atoms with Crippen molar-refractivity contribution in [1.82, 2.24) is 4.57 Å². The maximum absolute atomic E-state index is 2.40. The number of rotatable bonds is 3. The molecule has 0 unspecified atom stereocenters. The van der Waals surface area contributed by atoms with Crippen LogP contribution in [0, 0.1) is 0 Å². The SMILES string of the molecule is c1ccc2c(c1)-c1ccccc1N(c1ccc(-c3ccc(-n4c5ccccc5c5ccsc54)cc3)cc1)c1ccccc1-2. The third-order valence-electron chi connectivity index (χ3n) is 8.66. The lowest BCUT2D eigenvalue weighted by Gasteiger charge is -2.27. The van der Waals surface area contributed by atoms with Gasteiger partial charge < -0.3 is 9.47 Å². The van der Waals surface area contributed by atoms with Gasteiger partial charge in [-0.25, -0.2) is 0 Å². The first kappa shape index (κ1) is 24.2. The summed E-state index contributed by atoms with van der Waals surface area (Å²) in [7, 11) is 0. The maximum Gasteiger partial charge on any atom is 0.108 e. The first-order chi connectivity index (χ1) is 21.3. The summed E-state index contributed by atoms with van der Waals surface area (Å²) < 4.78 is 2.38. The Morgan fingerprint density at radius 1 is 0.395 bits per heavy atom. The van der Waals surface area contributed by atoms with Gasteiger partial charge in [0.15, 0.2) is 0 Å². The molecule has 0 spiro atoms. The fraction of sp³-hybridized carbons (Fsp3) is 0. The molecule has 6 aromatic carbocycles. The molecule has 1 aliphatic heterocycles. The number of aromatic nitrogens is 1. The van der Waals surface area contributed by atoms with Crippen molar-refractivity contribution in [2.45, 2.75) is 0 Å². The molecule has 9 rings (SSSR count).